The standard InChI is InChI=1S/C15H21NO5S/c1-14(2)9-16(10-15(14,3)17)22(18,19)11-4-5-12-13(8-11)21-7-6-20-12/h4-5,8,17H,6-7,9-10H2,1-3H3. The van der Waals surface area contributed by atoms with Crippen LogP contribution in [0, 0.1) is 5.41 Å². The van der Waals surface area contributed by atoms with Crippen molar-refractivity contribution in [3.8, 4) is 11.5 Å². The lowest BCUT2D eigenvalue weighted by molar-refractivity contribution is -0.0100. The molecule has 0 saturated carbocycles. The fraction of sp³-hybridized carbons (Fsp3) is 0.600. The molecule has 1 N–H and O–H groups in total. The molecule has 2 aliphatic rings. The van der Waals surface area contributed by atoms with Gasteiger partial charge in [0, 0.05) is 24.6 Å². The van der Waals surface area contributed by atoms with E-state index in [0.717, 1.165) is 0 Å². The molecule has 7 heteroatoms. The van der Waals surface area contributed by atoms with Gasteiger partial charge in [0.15, 0.2) is 11.5 Å². The topological polar surface area (TPSA) is 76.1 Å². The minimum atomic E-state index is -3.68. The number of hydrogen-bond donors (Lipinski definition) is 1. The Morgan fingerprint density at radius 2 is 1.73 bits per heavy atom. The molecule has 0 radical (unpaired) electrons. The molecule has 2 heterocycles. The van der Waals surface area contributed by atoms with Crippen LogP contribution in [-0.4, -0.2) is 49.7 Å². The van der Waals surface area contributed by atoms with Gasteiger partial charge in [0.25, 0.3) is 0 Å². The van der Waals surface area contributed by atoms with E-state index < -0.39 is 21.0 Å². The van der Waals surface area contributed by atoms with Gasteiger partial charge in [0.2, 0.25) is 10.0 Å². The van der Waals surface area contributed by atoms with Gasteiger partial charge in [-0.3, -0.25) is 0 Å². The summed E-state index contributed by atoms with van der Waals surface area (Å²) < 4.78 is 37.8. The number of β-amino-alcohol motifs (C(OH)–C–C–N with tert-alkyl or cyclic N) is 1. The van der Waals surface area contributed by atoms with Gasteiger partial charge in [-0.1, -0.05) is 13.8 Å². The maximum atomic E-state index is 12.8. The first-order chi connectivity index (χ1) is 10.1. The highest BCUT2D eigenvalue weighted by Crippen LogP contribution is 2.41. The van der Waals surface area contributed by atoms with Gasteiger partial charge >= 0.3 is 0 Å². The predicted octanol–water partition coefficient (Wildman–Crippen LogP) is 1.24. The molecule has 6 nitrogen and oxygen atoms in total. The van der Waals surface area contributed by atoms with Gasteiger partial charge in [0.1, 0.15) is 13.2 Å². The lowest BCUT2D eigenvalue weighted by Gasteiger charge is -2.31. The smallest absolute Gasteiger partial charge is 0.243 e. The number of aliphatic hydroxyl groups is 1. The van der Waals surface area contributed by atoms with E-state index in [1.807, 2.05) is 13.8 Å². The number of ether oxygens (including phenoxy) is 2. The van der Waals surface area contributed by atoms with E-state index in [2.05, 4.69) is 0 Å². The summed E-state index contributed by atoms with van der Waals surface area (Å²) in [6.07, 6.45) is 0. The number of fused-ring (bicyclic) bond motifs is 1. The molecular formula is C15H21NO5S. The van der Waals surface area contributed by atoms with Crippen molar-refractivity contribution in [2.45, 2.75) is 31.3 Å². The maximum absolute atomic E-state index is 12.8. The van der Waals surface area contributed by atoms with Crippen molar-refractivity contribution < 1.29 is 23.0 Å². The summed E-state index contributed by atoms with van der Waals surface area (Å²) in [5, 5.41) is 10.4. The number of nitrogens with zero attached hydrogens (tertiary/aromatic N) is 1. The molecule has 1 saturated heterocycles. The maximum Gasteiger partial charge on any atom is 0.243 e. The van der Waals surface area contributed by atoms with Gasteiger partial charge in [-0.2, -0.15) is 4.31 Å². The zero-order chi connectivity index (χ0) is 16.2. The molecule has 0 bridgehead atoms. The van der Waals surface area contributed by atoms with Gasteiger partial charge < -0.3 is 14.6 Å². The molecule has 0 aromatic heterocycles. The zero-order valence-electron chi connectivity index (χ0n) is 13.0. The van der Waals surface area contributed by atoms with Crippen LogP contribution < -0.4 is 9.47 Å². The number of benzene rings is 1. The van der Waals surface area contributed by atoms with E-state index >= 15 is 0 Å². The van der Waals surface area contributed by atoms with Crippen molar-refractivity contribution in [2.24, 2.45) is 5.41 Å². The predicted molar refractivity (Wildman–Crippen MR) is 80.6 cm³/mol. The second-order valence-electron chi connectivity index (χ2n) is 6.74. The van der Waals surface area contributed by atoms with E-state index in [4.69, 9.17) is 9.47 Å². The lowest BCUT2D eigenvalue weighted by atomic mass is 9.79. The highest BCUT2D eigenvalue weighted by molar-refractivity contribution is 7.89. The Morgan fingerprint density at radius 3 is 2.32 bits per heavy atom. The van der Waals surface area contributed by atoms with E-state index in [-0.39, 0.29) is 18.0 Å². The monoisotopic (exact) mass is 327 g/mol. The molecule has 0 amide bonds. The minimum absolute atomic E-state index is 0.0801. The molecule has 3 rings (SSSR count). The van der Waals surface area contributed by atoms with Crippen molar-refractivity contribution in [3.63, 3.8) is 0 Å². The van der Waals surface area contributed by atoms with Crippen LogP contribution in [0.5, 0.6) is 11.5 Å². The van der Waals surface area contributed by atoms with E-state index in [1.54, 1.807) is 13.0 Å². The van der Waals surface area contributed by atoms with Crippen LogP contribution in [0.4, 0.5) is 0 Å². The minimum Gasteiger partial charge on any atom is -0.486 e. The Labute approximate surface area is 130 Å². The summed E-state index contributed by atoms with van der Waals surface area (Å²) >= 11 is 0. The van der Waals surface area contributed by atoms with Crippen LogP contribution in [-0.2, 0) is 10.0 Å². The van der Waals surface area contributed by atoms with Crippen LogP contribution >= 0.6 is 0 Å². The van der Waals surface area contributed by atoms with Crippen molar-refractivity contribution in [1.82, 2.24) is 4.31 Å². The molecule has 0 aliphatic carbocycles. The van der Waals surface area contributed by atoms with Crippen molar-refractivity contribution in [3.05, 3.63) is 18.2 Å². The first kappa shape index (κ1) is 15.6. The summed E-state index contributed by atoms with van der Waals surface area (Å²) in [7, 11) is -3.68. The van der Waals surface area contributed by atoms with Crippen LogP contribution in [0.25, 0.3) is 0 Å². The molecule has 1 unspecified atom stereocenters. The van der Waals surface area contributed by atoms with E-state index in [9.17, 15) is 13.5 Å². The van der Waals surface area contributed by atoms with Gasteiger partial charge in [-0.15, -0.1) is 0 Å². The quantitative estimate of drug-likeness (QED) is 0.884. The molecule has 2 aliphatic heterocycles. The molecule has 1 aromatic rings. The molecule has 22 heavy (non-hydrogen) atoms. The van der Waals surface area contributed by atoms with Crippen LogP contribution in [0.15, 0.2) is 23.1 Å². The van der Waals surface area contributed by atoms with E-state index in [0.29, 0.717) is 24.7 Å². The molecule has 1 aromatic carbocycles. The number of hydrogen-bond acceptors (Lipinski definition) is 5. The Hall–Kier alpha value is -1.31. The lowest BCUT2D eigenvalue weighted by Crippen LogP contribution is -2.40. The fourth-order valence-electron chi connectivity index (χ4n) is 2.73. The Kier molecular flexibility index (Phi) is 3.43. The highest BCUT2D eigenvalue weighted by Gasteiger charge is 2.51. The largest absolute Gasteiger partial charge is 0.486 e. The van der Waals surface area contributed by atoms with Gasteiger partial charge in [0.05, 0.1) is 10.5 Å². The Morgan fingerprint density at radius 1 is 1.09 bits per heavy atom. The summed E-state index contributed by atoms with van der Waals surface area (Å²) in [4.78, 5) is 0.158. The zero-order valence-corrected chi connectivity index (χ0v) is 13.8. The van der Waals surface area contributed by atoms with Gasteiger partial charge in [-0.05, 0) is 19.1 Å². The van der Waals surface area contributed by atoms with Gasteiger partial charge in [-0.25, -0.2) is 8.42 Å². The van der Waals surface area contributed by atoms with Crippen LogP contribution in [0.1, 0.15) is 20.8 Å². The summed E-state index contributed by atoms with van der Waals surface area (Å²) in [6.45, 7) is 6.63. The van der Waals surface area contributed by atoms with Crippen molar-refractivity contribution in [1.29, 1.82) is 0 Å². The Balaban J connectivity index is 1.94. The third kappa shape index (κ3) is 2.37. The highest BCUT2D eigenvalue weighted by atomic mass is 32.2. The number of rotatable bonds is 2. The van der Waals surface area contributed by atoms with Crippen LogP contribution in [0.3, 0.4) is 0 Å². The first-order valence-corrected chi connectivity index (χ1v) is 8.70. The molecule has 1 fully saturated rings. The molecular weight excluding hydrogens is 306 g/mol. The SMILES string of the molecule is CC1(C)CN(S(=O)(=O)c2ccc3c(c2)OCCO3)CC1(C)O. The third-order valence-corrected chi connectivity index (χ3v) is 6.45. The molecule has 122 valence electrons. The van der Waals surface area contributed by atoms with Crippen LogP contribution in [0.2, 0.25) is 0 Å². The average Bonchev–Trinajstić information content (AvgIpc) is 2.67. The number of sulfonamides is 1. The van der Waals surface area contributed by atoms with Crippen molar-refractivity contribution in [2.75, 3.05) is 26.3 Å². The second kappa shape index (κ2) is 4.84. The van der Waals surface area contributed by atoms with Crippen molar-refractivity contribution >= 4 is 10.0 Å². The second-order valence-corrected chi connectivity index (χ2v) is 8.67. The molecule has 1 atom stereocenters. The summed E-state index contributed by atoms with van der Waals surface area (Å²) in [5.41, 5.74) is -1.57. The summed E-state index contributed by atoms with van der Waals surface area (Å²) in [6, 6.07) is 4.62. The third-order valence-electron chi connectivity index (χ3n) is 4.67. The first-order valence-electron chi connectivity index (χ1n) is 7.26. The summed E-state index contributed by atoms with van der Waals surface area (Å²) in [5.74, 6) is 0.997. The average molecular weight is 327 g/mol. The molecule has 0 spiro atoms. The fourth-order valence-corrected chi connectivity index (χ4v) is 4.44. The Bertz CT molecular complexity index is 680. The van der Waals surface area contributed by atoms with E-state index in [1.165, 1.54) is 16.4 Å². The normalized spacial score (nSPS) is 27.8.